The van der Waals surface area contributed by atoms with Gasteiger partial charge in [0.25, 0.3) is 0 Å². The van der Waals surface area contributed by atoms with E-state index in [1.54, 1.807) is 0 Å². The van der Waals surface area contributed by atoms with E-state index in [2.05, 4.69) is 36.1 Å². The summed E-state index contributed by atoms with van der Waals surface area (Å²) in [5.74, 6) is -0.362. The lowest BCUT2D eigenvalue weighted by Gasteiger charge is -2.33. The first kappa shape index (κ1) is 15.0. The molecule has 1 aromatic rings. The smallest absolute Gasteiger partial charge is 0.306 e. The lowest BCUT2D eigenvalue weighted by Crippen LogP contribution is -2.36. The van der Waals surface area contributed by atoms with Gasteiger partial charge in [0.1, 0.15) is 0 Å². The third-order valence-electron chi connectivity index (χ3n) is 4.20. The van der Waals surface area contributed by atoms with Crippen LogP contribution < -0.4 is 0 Å². The summed E-state index contributed by atoms with van der Waals surface area (Å²) in [6, 6.07) is 8.65. The molecule has 110 valence electrons. The van der Waals surface area contributed by atoms with Crippen molar-refractivity contribution in [3.05, 3.63) is 35.4 Å². The van der Waals surface area contributed by atoms with E-state index < -0.39 is 5.97 Å². The number of carboxylic acids is 1. The van der Waals surface area contributed by atoms with E-state index in [-0.39, 0.29) is 5.92 Å². The summed E-state index contributed by atoms with van der Waals surface area (Å²) in [5, 5.41) is 9.03. The molecule has 1 saturated heterocycles. The molecular weight excluding hydrogens is 250 g/mol. The van der Waals surface area contributed by atoms with Crippen LogP contribution >= 0.6 is 0 Å². The van der Waals surface area contributed by atoms with Crippen molar-refractivity contribution in [3.63, 3.8) is 0 Å². The lowest BCUT2D eigenvalue weighted by molar-refractivity contribution is -0.141. The number of piperidine rings is 1. The fraction of sp³-hybridized carbons (Fsp3) is 0.588. The van der Waals surface area contributed by atoms with E-state index in [9.17, 15) is 4.79 Å². The largest absolute Gasteiger partial charge is 0.481 e. The maximum Gasteiger partial charge on any atom is 0.306 e. The van der Waals surface area contributed by atoms with Crippen molar-refractivity contribution in [1.82, 2.24) is 4.90 Å². The fourth-order valence-electron chi connectivity index (χ4n) is 3.16. The highest BCUT2D eigenvalue weighted by Gasteiger charge is 2.24. The fourth-order valence-corrected chi connectivity index (χ4v) is 3.16. The highest BCUT2D eigenvalue weighted by Crippen LogP contribution is 2.24. The second-order valence-electron chi connectivity index (χ2n) is 6.21. The second kappa shape index (κ2) is 6.89. The molecule has 2 atom stereocenters. The van der Waals surface area contributed by atoms with Crippen LogP contribution in [-0.4, -0.2) is 29.1 Å². The average Bonchev–Trinajstić information content (AvgIpc) is 2.39. The van der Waals surface area contributed by atoms with Gasteiger partial charge in [-0.15, -0.1) is 0 Å². The van der Waals surface area contributed by atoms with Gasteiger partial charge in [-0.1, -0.05) is 36.8 Å². The second-order valence-corrected chi connectivity index (χ2v) is 6.21. The van der Waals surface area contributed by atoms with E-state index in [1.165, 1.54) is 24.0 Å². The van der Waals surface area contributed by atoms with E-state index in [4.69, 9.17) is 5.11 Å². The number of rotatable bonds is 5. The van der Waals surface area contributed by atoms with Crippen LogP contribution in [0.25, 0.3) is 0 Å². The SMILES string of the molecule is Cc1cccc(CN2CCCC(CC(C)C(=O)O)C2)c1. The van der Waals surface area contributed by atoms with Crippen LogP contribution in [0.3, 0.4) is 0 Å². The van der Waals surface area contributed by atoms with Crippen molar-refractivity contribution in [3.8, 4) is 0 Å². The van der Waals surface area contributed by atoms with Gasteiger partial charge < -0.3 is 5.11 Å². The molecule has 0 aliphatic carbocycles. The molecule has 1 aromatic carbocycles. The molecule has 1 heterocycles. The molecule has 1 fully saturated rings. The summed E-state index contributed by atoms with van der Waals surface area (Å²) >= 11 is 0. The zero-order chi connectivity index (χ0) is 14.5. The molecule has 0 spiro atoms. The number of nitrogens with zero attached hydrogens (tertiary/aromatic N) is 1. The first-order chi connectivity index (χ1) is 9.54. The van der Waals surface area contributed by atoms with E-state index in [1.807, 2.05) is 6.92 Å². The van der Waals surface area contributed by atoms with Crippen LogP contribution in [0, 0.1) is 18.8 Å². The zero-order valence-corrected chi connectivity index (χ0v) is 12.5. The number of carbonyl (C=O) groups is 1. The standard InChI is InChI=1S/C17H25NO2/c1-13-5-3-6-15(9-13)11-18-8-4-7-16(12-18)10-14(2)17(19)20/h3,5-6,9,14,16H,4,7-8,10-12H2,1-2H3,(H,19,20). The Bertz CT molecular complexity index is 458. The maximum atomic E-state index is 11.0. The Kier molecular flexibility index (Phi) is 5.18. The maximum absolute atomic E-state index is 11.0. The van der Waals surface area contributed by atoms with Crippen LogP contribution in [0.5, 0.6) is 0 Å². The van der Waals surface area contributed by atoms with Crippen LogP contribution in [-0.2, 0) is 11.3 Å². The van der Waals surface area contributed by atoms with Crippen molar-refractivity contribution >= 4 is 5.97 Å². The third kappa shape index (κ3) is 4.34. The minimum atomic E-state index is -0.666. The van der Waals surface area contributed by atoms with Crippen molar-refractivity contribution in [2.24, 2.45) is 11.8 Å². The van der Waals surface area contributed by atoms with Crippen molar-refractivity contribution < 1.29 is 9.90 Å². The number of hydrogen-bond acceptors (Lipinski definition) is 2. The third-order valence-corrected chi connectivity index (χ3v) is 4.20. The predicted molar refractivity (Wildman–Crippen MR) is 80.6 cm³/mol. The molecule has 2 unspecified atom stereocenters. The molecule has 3 nitrogen and oxygen atoms in total. The first-order valence-corrected chi connectivity index (χ1v) is 7.55. The Morgan fingerprint density at radius 3 is 3.00 bits per heavy atom. The van der Waals surface area contributed by atoms with Crippen LogP contribution in [0.1, 0.15) is 37.3 Å². The van der Waals surface area contributed by atoms with Crippen molar-refractivity contribution in [2.75, 3.05) is 13.1 Å². The monoisotopic (exact) mass is 275 g/mol. The first-order valence-electron chi connectivity index (χ1n) is 7.55. The minimum Gasteiger partial charge on any atom is -0.481 e. The van der Waals surface area contributed by atoms with E-state index in [0.717, 1.165) is 26.1 Å². The van der Waals surface area contributed by atoms with Crippen molar-refractivity contribution in [2.45, 2.75) is 39.7 Å². The Morgan fingerprint density at radius 2 is 2.30 bits per heavy atom. The molecule has 1 aliphatic rings. The summed E-state index contributed by atoms with van der Waals surface area (Å²) in [4.78, 5) is 13.4. The Hall–Kier alpha value is -1.35. The van der Waals surface area contributed by atoms with E-state index in [0.29, 0.717) is 5.92 Å². The molecular formula is C17H25NO2. The Morgan fingerprint density at radius 1 is 1.50 bits per heavy atom. The average molecular weight is 275 g/mol. The van der Waals surface area contributed by atoms with Gasteiger partial charge in [0.15, 0.2) is 0 Å². The molecule has 0 saturated carbocycles. The van der Waals surface area contributed by atoms with Gasteiger partial charge >= 0.3 is 5.97 Å². The molecule has 0 bridgehead atoms. The molecule has 2 rings (SSSR count). The molecule has 1 aliphatic heterocycles. The highest BCUT2D eigenvalue weighted by molar-refractivity contribution is 5.69. The number of likely N-dealkylation sites (tertiary alicyclic amines) is 1. The number of hydrogen-bond donors (Lipinski definition) is 1. The normalized spacial score (nSPS) is 21.6. The number of aliphatic carboxylic acids is 1. The molecule has 0 radical (unpaired) electrons. The van der Waals surface area contributed by atoms with Gasteiger partial charge in [0.05, 0.1) is 5.92 Å². The summed E-state index contributed by atoms with van der Waals surface area (Å²) in [6.45, 7) is 7.09. The molecule has 3 heteroatoms. The molecule has 1 N–H and O–H groups in total. The quantitative estimate of drug-likeness (QED) is 0.896. The lowest BCUT2D eigenvalue weighted by atomic mass is 9.89. The van der Waals surface area contributed by atoms with Gasteiger partial charge in [0, 0.05) is 13.1 Å². The Labute approximate surface area is 121 Å². The van der Waals surface area contributed by atoms with Crippen LogP contribution in [0.4, 0.5) is 0 Å². The van der Waals surface area contributed by atoms with E-state index >= 15 is 0 Å². The summed E-state index contributed by atoms with van der Waals surface area (Å²) in [6.07, 6.45) is 3.16. The van der Waals surface area contributed by atoms with Gasteiger partial charge in [-0.3, -0.25) is 9.69 Å². The van der Waals surface area contributed by atoms with Gasteiger partial charge in [-0.25, -0.2) is 0 Å². The highest BCUT2D eigenvalue weighted by atomic mass is 16.4. The molecule has 0 aromatic heterocycles. The zero-order valence-electron chi connectivity index (χ0n) is 12.5. The van der Waals surface area contributed by atoms with Gasteiger partial charge in [-0.05, 0) is 44.2 Å². The molecule has 20 heavy (non-hydrogen) atoms. The number of aryl methyl sites for hydroxylation is 1. The van der Waals surface area contributed by atoms with Crippen LogP contribution in [0.2, 0.25) is 0 Å². The Balaban J connectivity index is 1.88. The van der Waals surface area contributed by atoms with Gasteiger partial charge in [0.2, 0.25) is 0 Å². The molecule has 0 amide bonds. The summed E-state index contributed by atoms with van der Waals surface area (Å²) in [7, 11) is 0. The van der Waals surface area contributed by atoms with Crippen molar-refractivity contribution in [1.29, 1.82) is 0 Å². The summed E-state index contributed by atoms with van der Waals surface area (Å²) < 4.78 is 0. The van der Waals surface area contributed by atoms with Gasteiger partial charge in [-0.2, -0.15) is 0 Å². The predicted octanol–water partition coefficient (Wildman–Crippen LogP) is 3.32. The van der Waals surface area contributed by atoms with Crippen LogP contribution in [0.15, 0.2) is 24.3 Å². The number of carboxylic acid groups (broad SMARTS) is 1. The summed E-state index contributed by atoms with van der Waals surface area (Å²) in [5.41, 5.74) is 2.66. The topological polar surface area (TPSA) is 40.5 Å². The minimum absolute atomic E-state index is 0.223. The number of benzene rings is 1.